The van der Waals surface area contributed by atoms with Crippen molar-refractivity contribution in [1.29, 1.82) is 0 Å². The second-order valence-corrected chi connectivity index (χ2v) is 7.00. The highest BCUT2D eigenvalue weighted by Crippen LogP contribution is 2.35. The summed E-state index contributed by atoms with van der Waals surface area (Å²) in [5, 5.41) is 7.79. The molecule has 1 unspecified atom stereocenters. The molecule has 2 amide bonds. The maximum atomic E-state index is 12.5. The minimum absolute atomic E-state index is 0.0456. The van der Waals surface area contributed by atoms with Gasteiger partial charge in [-0.2, -0.15) is 5.10 Å². The van der Waals surface area contributed by atoms with Gasteiger partial charge < -0.3 is 15.0 Å². The Hall–Kier alpha value is -1.56. The van der Waals surface area contributed by atoms with Crippen molar-refractivity contribution in [2.45, 2.75) is 52.2 Å². The molecule has 3 rings (SSSR count). The van der Waals surface area contributed by atoms with E-state index >= 15 is 0 Å². The van der Waals surface area contributed by atoms with Crippen LogP contribution in [0.5, 0.6) is 0 Å². The Morgan fingerprint density at radius 1 is 1.48 bits per heavy atom. The number of urea groups is 1. The van der Waals surface area contributed by atoms with Gasteiger partial charge in [0.15, 0.2) is 0 Å². The van der Waals surface area contributed by atoms with Crippen LogP contribution in [-0.2, 0) is 24.8 Å². The van der Waals surface area contributed by atoms with Crippen molar-refractivity contribution < 1.29 is 9.53 Å². The Morgan fingerprint density at radius 3 is 3.09 bits per heavy atom. The Labute approximate surface area is 138 Å². The topological polar surface area (TPSA) is 59.4 Å². The zero-order valence-electron chi connectivity index (χ0n) is 14.5. The largest absolute Gasteiger partial charge is 0.376 e. The summed E-state index contributed by atoms with van der Waals surface area (Å²) < 4.78 is 7.60. The summed E-state index contributed by atoms with van der Waals surface area (Å²) in [6, 6.07) is 0.134. The molecule has 1 aromatic heterocycles. The van der Waals surface area contributed by atoms with Crippen molar-refractivity contribution in [3.63, 3.8) is 0 Å². The predicted molar refractivity (Wildman–Crippen MR) is 88.1 cm³/mol. The van der Waals surface area contributed by atoms with Crippen LogP contribution in [0.25, 0.3) is 0 Å². The van der Waals surface area contributed by atoms with E-state index in [1.165, 1.54) is 11.3 Å². The van der Waals surface area contributed by atoms with Gasteiger partial charge in [0.25, 0.3) is 0 Å². The quantitative estimate of drug-likeness (QED) is 0.926. The van der Waals surface area contributed by atoms with Crippen LogP contribution < -0.4 is 5.32 Å². The molecule has 0 aliphatic carbocycles. The first-order chi connectivity index (χ1) is 11.1. The van der Waals surface area contributed by atoms with Crippen LogP contribution in [-0.4, -0.2) is 40.4 Å². The van der Waals surface area contributed by atoms with E-state index in [4.69, 9.17) is 9.84 Å². The third kappa shape index (κ3) is 3.37. The van der Waals surface area contributed by atoms with Crippen molar-refractivity contribution in [2.24, 2.45) is 13.0 Å². The second kappa shape index (κ2) is 6.91. The van der Waals surface area contributed by atoms with Gasteiger partial charge in [0, 0.05) is 37.8 Å². The number of hydrogen-bond acceptors (Lipinski definition) is 3. The molecule has 0 saturated carbocycles. The summed E-state index contributed by atoms with van der Waals surface area (Å²) in [6.07, 6.45) is 3.94. The van der Waals surface area contributed by atoms with Gasteiger partial charge in [-0.05, 0) is 25.2 Å². The normalized spacial score (nSPS) is 20.9. The number of aromatic nitrogens is 2. The molecule has 0 aromatic carbocycles. The van der Waals surface area contributed by atoms with E-state index in [2.05, 4.69) is 19.2 Å². The maximum Gasteiger partial charge on any atom is 0.317 e. The van der Waals surface area contributed by atoms with Crippen LogP contribution in [0.1, 0.15) is 56.1 Å². The molecule has 1 N–H and O–H groups in total. The fraction of sp³-hybridized carbons (Fsp3) is 0.765. The summed E-state index contributed by atoms with van der Waals surface area (Å²) in [6.45, 7) is 7.28. The molecular formula is C17H28N4O2. The zero-order chi connectivity index (χ0) is 16.4. The summed E-state index contributed by atoms with van der Waals surface area (Å²) >= 11 is 0. The predicted octanol–water partition coefficient (Wildman–Crippen LogP) is 2.39. The van der Waals surface area contributed by atoms with Crippen molar-refractivity contribution in [2.75, 3.05) is 19.7 Å². The molecule has 0 radical (unpaired) electrons. The van der Waals surface area contributed by atoms with E-state index in [1.54, 1.807) is 0 Å². The van der Waals surface area contributed by atoms with E-state index in [1.807, 2.05) is 16.6 Å². The molecule has 3 heterocycles. The van der Waals surface area contributed by atoms with Gasteiger partial charge in [0.1, 0.15) is 0 Å². The lowest BCUT2D eigenvalue weighted by Crippen LogP contribution is -2.40. The molecule has 1 atom stereocenters. The molecule has 2 aliphatic heterocycles. The number of fused-ring (bicyclic) bond motifs is 1. The van der Waals surface area contributed by atoms with Crippen LogP contribution in [0, 0.1) is 5.92 Å². The van der Waals surface area contributed by atoms with E-state index in [0.717, 1.165) is 51.1 Å². The molecule has 1 saturated heterocycles. The minimum Gasteiger partial charge on any atom is -0.376 e. The molecule has 23 heavy (non-hydrogen) atoms. The van der Waals surface area contributed by atoms with E-state index < -0.39 is 0 Å². The number of hydrogen-bond donors (Lipinski definition) is 1. The fourth-order valence-corrected chi connectivity index (χ4v) is 3.57. The number of likely N-dealkylation sites (tertiary alicyclic amines) is 1. The van der Waals surface area contributed by atoms with Gasteiger partial charge in [0.2, 0.25) is 0 Å². The molecule has 1 aromatic rings. The summed E-state index contributed by atoms with van der Waals surface area (Å²) in [4.78, 5) is 14.5. The standard InChI is InChI=1S/C17H28N4O2/c1-12(2)6-8-18-17(22)21-9-4-5-15(21)16-13-11-23-10-7-14(13)20(3)19-16/h12,15H,4-11H2,1-3H3,(H,18,22). The van der Waals surface area contributed by atoms with Crippen LogP contribution in [0.4, 0.5) is 4.79 Å². The highest BCUT2D eigenvalue weighted by atomic mass is 16.5. The lowest BCUT2D eigenvalue weighted by Gasteiger charge is -2.25. The second-order valence-electron chi connectivity index (χ2n) is 7.00. The molecule has 128 valence electrons. The van der Waals surface area contributed by atoms with Crippen molar-refractivity contribution in [1.82, 2.24) is 20.0 Å². The van der Waals surface area contributed by atoms with Gasteiger partial charge in [-0.25, -0.2) is 4.79 Å². The monoisotopic (exact) mass is 320 g/mol. The maximum absolute atomic E-state index is 12.5. The number of nitrogens with zero attached hydrogens (tertiary/aromatic N) is 3. The Balaban J connectivity index is 1.73. The summed E-state index contributed by atoms with van der Waals surface area (Å²) in [5.41, 5.74) is 3.50. The van der Waals surface area contributed by atoms with Gasteiger partial charge in [-0.1, -0.05) is 13.8 Å². The molecule has 0 bridgehead atoms. The minimum atomic E-state index is 0.0456. The summed E-state index contributed by atoms with van der Waals surface area (Å²) in [5.74, 6) is 0.602. The Bertz CT molecular complexity index is 567. The number of carbonyl (C=O) groups excluding carboxylic acids is 1. The molecular weight excluding hydrogens is 292 g/mol. The van der Waals surface area contributed by atoms with Crippen LogP contribution >= 0.6 is 0 Å². The number of aryl methyl sites for hydroxylation is 1. The average Bonchev–Trinajstić information content (AvgIpc) is 3.12. The van der Waals surface area contributed by atoms with Gasteiger partial charge in [-0.3, -0.25) is 4.68 Å². The number of nitrogens with one attached hydrogen (secondary N) is 1. The Kier molecular flexibility index (Phi) is 4.90. The van der Waals surface area contributed by atoms with Gasteiger partial charge in [0.05, 0.1) is 24.9 Å². The number of carbonyl (C=O) groups is 1. The lowest BCUT2D eigenvalue weighted by molar-refractivity contribution is 0.107. The third-order valence-electron chi connectivity index (χ3n) is 4.86. The molecule has 6 nitrogen and oxygen atoms in total. The smallest absolute Gasteiger partial charge is 0.317 e. The Morgan fingerprint density at radius 2 is 2.30 bits per heavy atom. The van der Waals surface area contributed by atoms with E-state index in [9.17, 15) is 4.79 Å². The van der Waals surface area contributed by atoms with Crippen molar-refractivity contribution in [3.8, 4) is 0 Å². The average molecular weight is 320 g/mol. The zero-order valence-corrected chi connectivity index (χ0v) is 14.5. The van der Waals surface area contributed by atoms with Gasteiger partial charge in [-0.15, -0.1) is 0 Å². The first kappa shape index (κ1) is 16.3. The van der Waals surface area contributed by atoms with Gasteiger partial charge >= 0.3 is 6.03 Å². The highest BCUT2D eigenvalue weighted by Gasteiger charge is 2.35. The highest BCUT2D eigenvalue weighted by molar-refractivity contribution is 5.75. The van der Waals surface area contributed by atoms with Crippen LogP contribution in [0.2, 0.25) is 0 Å². The molecule has 0 spiro atoms. The molecule has 1 fully saturated rings. The SMILES string of the molecule is CC(C)CCNC(=O)N1CCCC1c1nn(C)c2c1COCC2. The van der Waals surface area contributed by atoms with Crippen molar-refractivity contribution in [3.05, 3.63) is 17.0 Å². The third-order valence-corrected chi connectivity index (χ3v) is 4.86. The lowest BCUT2D eigenvalue weighted by atomic mass is 10.0. The number of amides is 2. The van der Waals surface area contributed by atoms with E-state index in [0.29, 0.717) is 12.5 Å². The molecule has 2 aliphatic rings. The fourth-order valence-electron chi connectivity index (χ4n) is 3.57. The van der Waals surface area contributed by atoms with Crippen LogP contribution in [0.15, 0.2) is 0 Å². The first-order valence-corrected chi connectivity index (χ1v) is 8.74. The number of ether oxygens (including phenoxy) is 1. The van der Waals surface area contributed by atoms with Crippen LogP contribution in [0.3, 0.4) is 0 Å². The van der Waals surface area contributed by atoms with E-state index in [-0.39, 0.29) is 12.1 Å². The summed E-state index contributed by atoms with van der Waals surface area (Å²) in [7, 11) is 2.00. The molecule has 6 heteroatoms. The first-order valence-electron chi connectivity index (χ1n) is 8.74. The number of rotatable bonds is 4. The van der Waals surface area contributed by atoms with Crippen molar-refractivity contribution >= 4 is 6.03 Å².